The fourth-order valence-corrected chi connectivity index (χ4v) is 2.55. The summed E-state index contributed by atoms with van der Waals surface area (Å²) in [6.45, 7) is 0. The van der Waals surface area contributed by atoms with E-state index in [-0.39, 0.29) is 11.4 Å². The lowest BCUT2D eigenvalue weighted by atomic mass is 10.2. The first-order valence-corrected chi connectivity index (χ1v) is 8.33. The molecule has 0 spiro atoms. The van der Waals surface area contributed by atoms with Crippen LogP contribution in [0.4, 0.5) is 55.0 Å². The molecule has 3 rings (SSSR count). The topological polar surface area (TPSA) is 93.0 Å². The number of halogens is 6. The third-order valence-corrected chi connectivity index (χ3v) is 3.91. The smallest absolute Gasteiger partial charge is 0.334 e. The van der Waals surface area contributed by atoms with Crippen LogP contribution >= 0.6 is 0 Å². The maximum absolute atomic E-state index is 12.9. The van der Waals surface area contributed by atoms with E-state index in [1.807, 2.05) is 0 Å². The highest BCUT2D eigenvalue weighted by Crippen LogP contribution is 2.36. The van der Waals surface area contributed by atoms with Gasteiger partial charge in [-0.3, -0.25) is 10.1 Å². The molecule has 0 unspecified atom stereocenters. The Hall–Kier alpha value is -3.90. The van der Waals surface area contributed by atoms with E-state index in [9.17, 15) is 36.5 Å². The minimum absolute atomic E-state index is 0.137. The van der Waals surface area contributed by atoms with E-state index in [0.29, 0.717) is 0 Å². The largest absolute Gasteiger partial charge is 0.416 e. The Bertz CT molecular complexity index is 1040. The second-order valence-corrected chi connectivity index (χ2v) is 6.08. The predicted molar refractivity (Wildman–Crippen MR) is 98.1 cm³/mol. The molecule has 0 bridgehead atoms. The summed E-state index contributed by atoms with van der Waals surface area (Å²) in [6, 6.07) is 7.76. The van der Waals surface area contributed by atoms with Gasteiger partial charge in [0.1, 0.15) is 6.33 Å². The highest BCUT2D eigenvalue weighted by atomic mass is 19.4. The molecular weight excluding hydrogens is 432 g/mol. The number of alkyl halides is 6. The minimum atomic E-state index is -4.63. The molecule has 0 amide bonds. The van der Waals surface area contributed by atoms with Crippen molar-refractivity contribution in [3.8, 4) is 0 Å². The van der Waals surface area contributed by atoms with Gasteiger partial charge in [0.15, 0.2) is 0 Å². The molecule has 0 aliphatic rings. The molecule has 2 aromatic carbocycles. The summed E-state index contributed by atoms with van der Waals surface area (Å²) >= 11 is 0. The molecule has 3 aromatic rings. The molecule has 0 radical (unpaired) electrons. The number of rotatable bonds is 5. The predicted octanol–water partition coefficient (Wildman–Crippen LogP) is 5.91. The zero-order valence-corrected chi connectivity index (χ0v) is 15.1. The van der Waals surface area contributed by atoms with Crippen molar-refractivity contribution in [1.29, 1.82) is 0 Å². The van der Waals surface area contributed by atoms with E-state index < -0.39 is 45.7 Å². The molecular formula is C18H11F6N5O2. The van der Waals surface area contributed by atoms with Gasteiger partial charge < -0.3 is 10.6 Å². The van der Waals surface area contributed by atoms with Crippen LogP contribution in [0.15, 0.2) is 54.9 Å². The number of anilines is 4. The van der Waals surface area contributed by atoms with Gasteiger partial charge in [0.05, 0.1) is 16.1 Å². The third-order valence-electron chi connectivity index (χ3n) is 3.91. The van der Waals surface area contributed by atoms with Gasteiger partial charge in [0, 0.05) is 11.4 Å². The van der Waals surface area contributed by atoms with Crippen LogP contribution in [0.5, 0.6) is 0 Å². The summed E-state index contributed by atoms with van der Waals surface area (Å²) in [5, 5.41) is 16.4. The van der Waals surface area contributed by atoms with Gasteiger partial charge in [-0.15, -0.1) is 0 Å². The third kappa shape index (κ3) is 5.18. The van der Waals surface area contributed by atoms with E-state index in [0.717, 1.165) is 42.7 Å². The molecule has 1 aromatic heterocycles. The van der Waals surface area contributed by atoms with E-state index in [1.54, 1.807) is 0 Å². The SMILES string of the molecule is O=[N+]([O-])c1c(Nc2cccc(C(F)(F)F)c2)ncnc1Nc1cccc(C(F)(F)F)c1. The molecule has 1 heterocycles. The minimum Gasteiger partial charge on any atom is -0.334 e. The van der Waals surface area contributed by atoms with Crippen molar-refractivity contribution in [1.82, 2.24) is 9.97 Å². The van der Waals surface area contributed by atoms with Gasteiger partial charge in [0.25, 0.3) is 0 Å². The quantitative estimate of drug-likeness (QED) is 0.289. The van der Waals surface area contributed by atoms with Crippen molar-refractivity contribution < 1.29 is 31.3 Å². The van der Waals surface area contributed by atoms with Crippen LogP contribution in [0.1, 0.15) is 11.1 Å². The second-order valence-electron chi connectivity index (χ2n) is 6.08. The maximum atomic E-state index is 12.9. The van der Waals surface area contributed by atoms with Crippen LogP contribution in [-0.4, -0.2) is 14.9 Å². The molecule has 0 aliphatic heterocycles. The van der Waals surface area contributed by atoms with Gasteiger partial charge in [-0.05, 0) is 36.4 Å². The van der Waals surface area contributed by atoms with Crippen molar-refractivity contribution in [2.45, 2.75) is 12.4 Å². The number of aromatic nitrogens is 2. The lowest BCUT2D eigenvalue weighted by Crippen LogP contribution is -2.08. The monoisotopic (exact) mass is 443 g/mol. The summed E-state index contributed by atoms with van der Waals surface area (Å²) in [5.41, 5.74) is -3.02. The van der Waals surface area contributed by atoms with E-state index in [1.165, 1.54) is 12.1 Å². The summed E-state index contributed by atoms with van der Waals surface area (Å²) in [4.78, 5) is 18.0. The Labute approximate surface area is 169 Å². The molecule has 2 N–H and O–H groups in total. The molecule has 7 nitrogen and oxygen atoms in total. The lowest BCUT2D eigenvalue weighted by Gasteiger charge is -2.13. The highest BCUT2D eigenvalue weighted by Gasteiger charge is 2.32. The standard InChI is InChI=1S/C18H11F6N5O2/c19-17(20,21)10-3-1-5-12(7-10)27-15-14(29(30)31)16(26-9-25-15)28-13-6-2-4-11(8-13)18(22,23)24/h1-9H,(H2,25,26,27,28). The fraction of sp³-hybridized carbons (Fsp3) is 0.111. The van der Waals surface area contributed by atoms with E-state index in [4.69, 9.17) is 0 Å². The van der Waals surface area contributed by atoms with Gasteiger partial charge in [0.2, 0.25) is 11.6 Å². The first kappa shape index (κ1) is 21.8. The highest BCUT2D eigenvalue weighted by molar-refractivity contribution is 5.77. The fourth-order valence-electron chi connectivity index (χ4n) is 2.55. The molecule has 0 atom stereocenters. The number of nitrogens with zero attached hydrogens (tertiary/aromatic N) is 3. The van der Waals surface area contributed by atoms with Gasteiger partial charge in [-0.2, -0.15) is 26.3 Å². The van der Waals surface area contributed by atoms with Gasteiger partial charge >= 0.3 is 18.0 Å². The number of nitro groups is 1. The van der Waals surface area contributed by atoms with Crippen LogP contribution < -0.4 is 10.6 Å². The Morgan fingerprint density at radius 3 is 1.55 bits per heavy atom. The zero-order chi connectivity index (χ0) is 22.8. The molecule has 162 valence electrons. The lowest BCUT2D eigenvalue weighted by molar-refractivity contribution is -0.383. The molecule has 0 saturated heterocycles. The average molecular weight is 443 g/mol. The summed E-state index contributed by atoms with van der Waals surface area (Å²) in [7, 11) is 0. The number of hydrogen-bond donors (Lipinski definition) is 2. The molecule has 31 heavy (non-hydrogen) atoms. The summed E-state index contributed by atoms with van der Waals surface area (Å²) in [6.07, 6.45) is -8.39. The van der Waals surface area contributed by atoms with Crippen LogP contribution in [0, 0.1) is 10.1 Å². The van der Waals surface area contributed by atoms with E-state index >= 15 is 0 Å². The molecule has 0 saturated carbocycles. The summed E-state index contributed by atoms with van der Waals surface area (Å²) in [5.74, 6) is -0.900. The Balaban J connectivity index is 1.97. The number of nitrogens with one attached hydrogen (secondary N) is 2. The maximum Gasteiger partial charge on any atom is 0.416 e. The first-order chi connectivity index (χ1) is 14.4. The van der Waals surface area contributed by atoms with Crippen molar-refractivity contribution in [2.75, 3.05) is 10.6 Å². The Morgan fingerprint density at radius 1 is 0.774 bits per heavy atom. The average Bonchev–Trinajstić information content (AvgIpc) is 2.67. The number of hydrogen-bond acceptors (Lipinski definition) is 6. The normalized spacial score (nSPS) is 11.8. The van der Waals surface area contributed by atoms with Crippen molar-refractivity contribution in [3.05, 3.63) is 76.1 Å². The molecule has 0 aliphatic carbocycles. The summed E-state index contributed by atoms with van der Waals surface area (Å²) < 4.78 is 77.3. The van der Waals surface area contributed by atoms with Crippen LogP contribution in [-0.2, 0) is 12.4 Å². The number of benzene rings is 2. The zero-order valence-electron chi connectivity index (χ0n) is 15.1. The second kappa shape index (κ2) is 8.08. The van der Waals surface area contributed by atoms with Crippen LogP contribution in [0.3, 0.4) is 0 Å². The first-order valence-electron chi connectivity index (χ1n) is 8.33. The van der Waals surface area contributed by atoms with Crippen molar-refractivity contribution in [2.24, 2.45) is 0 Å². The Kier molecular flexibility index (Phi) is 5.69. The molecule has 13 heteroatoms. The van der Waals surface area contributed by atoms with Crippen LogP contribution in [0.2, 0.25) is 0 Å². The van der Waals surface area contributed by atoms with Gasteiger partial charge in [-0.1, -0.05) is 12.1 Å². The van der Waals surface area contributed by atoms with Gasteiger partial charge in [-0.25, -0.2) is 9.97 Å². The van der Waals surface area contributed by atoms with Crippen molar-refractivity contribution >= 4 is 28.7 Å². The molecule has 0 fully saturated rings. The Morgan fingerprint density at radius 2 is 1.19 bits per heavy atom. The van der Waals surface area contributed by atoms with E-state index in [2.05, 4.69) is 20.6 Å². The van der Waals surface area contributed by atoms with Crippen LogP contribution in [0.25, 0.3) is 0 Å². The van der Waals surface area contributed by atoms with Crippen molar-refractivity contribution in [3.63, 3.8) is 0 Å².